The Balaban J connectivity index is 2.19. The number of rotatable bonds is 4. The molecule has 2 N–H and O–H groups in total. The molecule has 2 aromatic rings. The first kappa shape index (κ1) is 15.3. The lowest BCUT2D eigenvalue weighted by atomic mass is 10.1. The monoisotopic (exact) mass is 310 g/mol. The lowest BCUT2D eigenvalue weighted by Crippen LogP contribution is -2.18. The predicted molar refractivity (Wildman–Crippen MR) is 78.5 cm³/mol. The molecule has 0 spiro atoms. The number of halogens is 3. The van der Waals surface area contributed by atoms with Gasteiger partial charge in [-0.3, -0.25) is 4.79 Å². The topological polar surface area (TPSA) is 41.1 Å². The van der Waals surface area contributed by atoms with Crippen molar-refractivity contribution >= 4 is 23.2 Å². The summed E-state index contributed by atoms with van der Waals surface area (Å²) in [6.45, 7) is 0.0561. The molecule has 21 heavy (non-hydrogen) atoms. The van der Waals surface area contributed by atoms with Crippen LogP contribution in [0.2, 0.25) is 5.02 Å². The maximum Gasteiger partial charge on any atom is 0.251 e. The first-order valence-corrected chi connectivity index (χ1v) is 6.59. The molecule has 0 unspecified atom stereocenters. The molecule has 110 valence electrons. The molecular weight excluding hydrogens is 298 g/mol. The fourth-order valence-electron chi connectivity index (χ4n) is 1.82. The predicted octanol–water partition coefficient (Wildman–Crippen LogP) is 3.59. The third kappa shape index (κ3) is 3.49. The SMILES string of the molecule is CNC(=O)c1ccc(Cl)c(NCc2cccc(F)c2F)c1. The van der Waals surface area contributed by atoms with E-state index in [2.05, 4.69) is 10.6 Å². The van der Waals surface area contributed by atoms with E-state index in [1.165, 1.54) is 19.2 Å². The van der Waals surface area contributed by atoms with Crippen LogP contribution < -0.4 is 10.6 Å². The Bertz CT molecular complexity index is 677. The zero-order valence-corrected chi connectivity index (χ0v) is 12.0. The van der Waals surface area contributed by atoms with Gasteiger partial charge in [-0.2, -0.15) is 0 Å². The lowest BCUT2D eigenvalue weighted by molar-refractivity contribution is 0.0963. The number of hydrogen-bond acceptors (Lipinski definition) is 2. The van der Waals surface area contributed by atoms with Gasteiger partial charge in [0.25, 0.3) is 5.91 Å². The van der Waals surface area contributed by atoms with E-state index in [0.717, 1.165) is 6.07 Å². The Kier molecular flexibility index (Phi) is 4.75. The average Bonchev–Trinajstić information content (AvgIpc) is 2.49. The van der Waals surface area contributed by atoms with E-state index in [0.29, 0.717) is 16.3 Å². The van der Waals surface area contributed by atoms with Crippen LogP contribution in [-0.4, -0.2) is 13.0 Å². The highest BCUT2D eigenvalue weighted by molar-refractivity contribution is 6.33. The van der Waals surface area contributed by atoms with Crippen molar-refractivity contribution in [3.8, 4) is 0 Å². The van der Waals surface area contributed by atoms with E-state index >= 15 is 0 Å². The standard InChI is InChI=1S/C15H13ClF2N2O/c1-19-15(21)9-5-6-11(16)13(7-9)20-8-10-3-2-4-12(17)14(10)18/h2-7,20H,8H2,1H3,(H,19,21). The smallest absolute Gasteiger partial charge is 0.251 e. The van der Waals surface area contributed by atoms with Crippen molar-refractivity contribution < 1.29 is 13.6 Å². The van der Waals surface area contributed by atoms with E-state index in [1.54, 1.807) is 18.2 Å². The highest BCUT2D eigenvalue weighted by Crippen LogP contribution is 2.24. The summed E-state index contributed by atoms with van der Waals surface area (Å²) in [5, 5.41) is 5.79. The summed E-state index contributed by atoms with van der Waals surface area (Å²) in [6, 6.07) is 8.65. The first-order valence-electron chi connectivity index (χ1n) is 6.21. The summed E-state index contributed by atoms with van der Waals surface area (Å²) < 4.78 is 26.7. The molecular formula is C15H13ClF2N2O. The van der Waals surface area contributed by atoms with Crippen molar-refractivity contribution in [3.63, 3.8) is 0 Å². The fraction of sp³-hybridized carbons (Fsp3) is 0.133. The molecule has 0 aromatic heterocycles. The number of hydrogen-bond donors (Lipinski definition) is 2. The number of nitrogens with one attached hydrogen (secondary N) is 2. The Hall–Kier alpha value is -2.14. The number of carbonyl (C=O) groups excluding carboxylic acids is 1. The molecule has 0 atom stereocenters. The highest BCUT2D eigenvalue weighted by atomic mass is 35.5. The molecule has 0 bridgehead atoms. The normalized spacial score (nSPS) is 10.3. The first-order chi connectivity index (χ1) is 10.0. The Morgan fingerprint density at radius 2 is 2.00 bits per heavy atom. The zero-order chi connectivity index (χ0) is 15.4. The molecule has 1 amide bonds. The lowest BCUT2D eigenvalue weighted by Gasteiger charge is -2.11. The third-order valence-corrected chi connectivity index (χ3v) is 3.29. The van der Waals surface area contributed by atoms with E-state index < -0.39 is 11.6 Å². The summed E-state index contributed by atoms with van der Waals surface area (Å²) in [5.41, 5.74) is 1.07. The summed E-state index contributed by atoms with van der Waals surface area (Å²) >= 11 is 6.02. The van der Waals surface area contributed by atoms with E-state index in [-0.39, 0.29) is 18.0 Å². The van der Waals surface area contributed by atoms with Crippen LogP contribution in [0.5, 0.6) is 0 Å². The summed E-state index contributed by atoms with van der Waals surface area (Å²) in [5.74, 6) is -2.06. The maximum absolute atomic E-state index is 13.6. The van der Waals surface area contributed by atoms with Gasteiger partial charge in [-0.15, -0.1) is 0 Å². The second-order valence-electron chi connectivity index (χ2n) is 4.34. The van der Waals surface area contributed by atoms with Gasteiger partial charge in [-0.1, -0.05) is 23.7 Å². The van der Waals surface area contributed by atoms with Crippen LogP contribution in [0.3, 0.4) is 0 Å². The molecule has 2 rings (SSSR count). The van der Waals surface area contributed by atoms with Crippen LogP contribution in [0.25, 0.3) is 0 Å². The number of amides is 1. The van der Waals surface area contributed by atoms with Crippen LogP contribution in [0.15, 0.2) is 36.4 Å². The summed E-state index contributed by atoms with van der Waals surface area (Å²) in [6.07, 6.45) is 0. The van der Waals surface area contributed by atoms with Gasteiger partial charge in [0.2, 0.25) is 0 Å². The van der Waals surface area contributed by atoms with Gasteiger partial charge in [0.1, 0.15) is 0 Å². The van der Waals surface area contributed by atoms with Gasteiger partial charge in [-0.05, 0) is 24.3 Å². The molecule has 0 aliphatic heterocycles. The van der Waals surface area contributed by atoms with Gasteiger partial charge < -0.3 is 10.6 Å². The van der Waals surface area contributed by atoms with Crippen LogP contribution in [0, 0.1) is 11.6 Å². The number of benzene rings is 2. The molecule has 0 radical (unpaired) electrons. The molecule has 0 saturated carbocycles. The van der Waals surface area contributed by atoms with Crippen LogP contribution in [0.1, 0.15) is 15.9 Å². The second-order valence-corrected chi connectivity index (χ2v) is 4.75. The highest BCUT2D eigenvalue weighted by Gasteiger charge is 2.10. The van der Waals surface area contributed by atoms with Crippen LogP contribution in [-0.2, 0) is 6.54 Å². The van der Waals surface area contributed by atoms with Crippen molar-refractivity contribution in [3.05, 3.63) is 64.2 Å². The zero-order valence-electron chi connectivity index (χ0n) is 11.2. The van der Waals surface area contributed by atoms with Crippen LogP contribution in [0.4, 0.5) is 14.5 Å². The molecule has 0 aliphatic rings. The third-order valence-electron chi connectivity index (χ3n) is 2.96. The molecule has 0 fully saturated rings. The van der Waals surface area contributed by atoms with E-state index in [9.17, 15) is 13.6 Å². The van der Waals surface area contributed by atoms with Crippen molar-refractivity contribution in [2.45, 2.75) is 6.54 Å². The molecule has 0 aliphatic carbocycles. The van der Waals surface area contributed by atoms with Crippen molar-refractivity contribution in [1.82, 2.24) is 5.32 Å². The van der Waals surface area contributed by atoms with Gasteiger partial charge in [0, 0.05) is 24.7 Å². The van der Waals surface area contributed by atoms with Gasteiger partial charge in [0.15, 0.2) is 11.6 Å². The fourth-order valence-corrected chi connectivity index (χ4v) is 2.01. The minimum atomic E-state index is -0.903. The second kappa shape index (κ2) is 6.54. The van der Waals surface area contributed by atoms with Crippen molar-refractivity contribution in [2.75, 3.05) is 12.4 Å². The van der Waals surface area contributed by atoms with Crippen molar-refractivity contribution in [1.29, 1.82) is 0 Å². The summed E-state index contributed by atoms with van der Waals surface area (Å²) in [4.78, 5) is 11.6. The van der Waals surface area contributed by atoms with Crippen molar-refractivity contribution in [2.24, 2.45) is 0 Å². The van der Waals surface area contributed by atoms with E-state index in [1.807, 2.05) is 0 Å². The molecule has 2 aromatic carbocycles. The Labute approximate surface area is 125 Å². The minimum Gasteiger partial charge on any atom is -0.380 e. The molecule has 0 saturated heterocycles. The maximum atomic E-state index is 13.6. The van der Waals surface area contributed by atoms with Gasteiger partial charge in [0.05, 0.1) is 10.7 Å². The van der Waals surface area contributed by atoms with E-state index in [4.69, 9.17) is 11.6 Å². The average molecular weight is 311 g/mol. The Morgan fingerprint density at radius 3 is 2.71 bits per heavy atom. The molecule has 6 heteroatoms. The molecule has 3 nitrogen and oxygen atoms in total. The van der Waals surface area contributed by atoms with Crippen LogP contribution >= 0.6 is 11.6 Å². The van der Waals surface area contributed by atoms with Gasteiger partial charge in [-0.25, -0.2) is 8.78 Å². The van der Waals surface area contributed by atoms with Gasteiger partial charge >= 0.3 is 0 Å². The number of carbonyl (C=O) groups is 1. The quantitative estimate of drug-likeness (QED) is 0.906. The summed E-state index contributed by atoms with van der Waals surface area (Å²) in [7, 11) is 1.52. The minimum absolute atomic E-state index is 0.0561. The number of anilines is 1. The Morgan fingerprint density at radius 1 is 1.24 bits per heavy atom. The largest absolute Gasteiger partial charge is 0.380 e. The molecule has 0 heterocycles.